The van der Waals surface area contributed by atoms with Gasteiger partial charge in [0, 0.05) is 6.20 Å². The number of aromatic nitrogens is 3. The van der Waals surface area contributed by atoms with Gasteiger partial charge in [0.25, 0.3) is 0 Å². The van der Waals surface area contributed by atoms with E-state index in [1.54, 1.807) is 17.0 Å². The van der Waals surface area contributed by atoms with E-state index < -0.39 is 0 Å². The Labute approximate surface area is 88.7 Å². The van der Waals surface area contributed by atoms with Crippen LogP contribution in [0.25, 0.3) is 0 Å². The van der Waals surface area contributed by atoms with Crippen molar-refractivity contribution in [2.24, 2.45) is 10.7 Å². The van der Waals surface area contributed by atoms with E-state index in [2.05, 4.69) is 15.3 Å². The van der Waals surface area contributed by atoms with Gasteiger partial charge in [-0.2, -0.15) is 0 Å². The summed E-state index contributed by atoms with van der Waals surface area (Å²) < 4.78 is 1.60. The van der Waals surface area contributed by atoms with E-state index in [0.29, 0.717) is 11.5 Å². The lowest BCUT2D eigenvalue weighted by atomic mass is 10.3. The van der Waals surface area contributed by atoms with Crippen molar-refractivity contribution in [1.29, 1.82) is 0 Å². The van der Waals surface area contributed by atoms with Crippen LogP contribution >= 0.6 is 0 Å². The number of aliphatic imine (C=N–C) groups is 1. The number of hydrogen-bond donors (Lipinski definition) is 2. The van der Waals surface area contributed by atoms with Gasteiger partial charge in [-0.15, -0.1) is 5.10 Å². The second-order valence-corrected chi connectivity index (χ2v) is 3.36. The van der Waals surface area contributed by atoms with Crippen LogP contribution in [0.2, 0.25) is 0 Å². The molecule has 82 valence electrons. The molecule has 0 aliphatic carbocycles. The smallest absolute Gasteiger partial charge is 0.171 e. The first-order valence-corrected chi connectivity index (χ1v) is 4.73. The molecule has 6 heteroatoms. The van der Waals surface area contributed by atoms with Gasteiger partial charge in [0.15, 0.2) is 17.3 Å². The van der Waals surface area contributed by atoms with Crippen LogP contribution in [-0.2, 0) is 0 Å². The molecule has 0 saturated heterocycles. The summed E-state index contributed by atoms with van der Waals surface area (Å²) in [6.07, 6.45) is 3.36. The van der Waals surface area contributed by atoms with Crippen molar-refractivity contribution in [2.75, 3.05) is 5.73 Å². The van der Waals surface area contributed by atoms with Crippen molar-refractivity contribution in [3.05, 3.63) is 18.0 Å². The van der Waals surface area contributed by atoms with Crippen molar-refractivity contribution in [3.8, 4) is 0 Å². The highest BCUT2D eigenvalue weighted by molar-refractivity contribution is 5.99. The largest absolute Gasteiger partial charge is 0.382 e. The zero-order valence-electron chi connectivity index (χ0n) is 9.18. The molecule has 15 heavy (non-hydrogen) atoms. The minimum Gasteiger partial charge on any atom is -0.382 e. The summed E-state index contributed by atoms with van der Waals surface area (Å²) in [6.45, 7) is 5.79. The van der Waals surface area contributed by atoms with E-state index in [0.717, 1.165) is 0 Å². The van der Waals surface area contributed by atoms with Crippen LogP contribution in [0, 0.1) is 0 Å². The molecule has 1 aromatic rings. The number of rotatable bonds is 3. The quantitative estimate of drug-likeness (QED) is 0.564. The Bertz CT molecular complexity index is 387. The third kappa shape index (κ3) is 2.34. The number of nitrogen functional groups attached to an aromatic ring is 1. The molecule has 6 nitrogen and oxygen atoms in total. The highest BCUT2D eigenvalue weighted by Crippen LogP contribution is 2.12. The third-order valence-electron chi connectivity index (χ3n) is 1.82. The van der Waals surface area contributed by atoms with E-state index in [1.165, 1.54) is 0 Å². The summed E-state index contributed by atoms with van der Waals surface area (Å²) in [6, 6.07) is 0.153. The first-order chi connectivity index (χ1) is 7.07. The fraction of sp³-hybridized carbons (Fsp3) is 0.444. The predicted molar refractivity (Wildman–Crippen MR) is 60.4 cm³/mol. The van der Waals surface area contributed by atoms with Crippen molar-refractivity contribution >= 4 is 11.7 Å². The Morgan fingerprint density at radius 1 is 1.53 bits per heavy atom. The normalized spacial score (nSPS) is 12.9. The zero-order valence-corrected chi connectivity index (χ0v) is 9.18. The van der Waals surface area contributed by atoms with Gasteiger partial charge in [-0.3, -0.25) is 0 Å². The summed E-state index contributed by atoms with van der Waals surface area (Å²) in [4.78, 5) is 3.96. The van der Waals surface area contributed by atoms with Crippen LogP contribution in [0.3, 0.4) is 0 Å². The maximum Gasteiger partial charge on any atom is 0.171 e. The van der Waals surface area contributed by atoms with E-state index in [4.69, 9.17) is 11.5 Å². The minimum absolute atomic E-state index is 0.153. The van der Waals surface area contributed by atoms with Crippen LogP contribution in [0.15, 0.2) is 17.3 Å². The monoisotopic (exact) mass is 208 g/mol. The second-order valence-electron chi connectivity index (χ2n) is 3.36. The first-order valence-electron chi connectivity index (χ1n) is 4.73. The van der Waals surface area contributed by atoms with Crippen LogP contribution in [0.1, 0.15) is 32.5 Å². The highest BCUT2D eigenvalue weighted by atomic mass is 15.5. The van der Waals surface area contributed by atoms with Gasteiger partial charge in [-0.05, 0) is 20.8 Å². The second kappa shape index (κ2) is 4.59. The lowest BCUT2D eigenvalue weighted by molar-refractivity contribution is 0.521. The number of allylic oxidation sites excluding steroid dienone is 1. The molecule has 0 aliphatic heterocycles. The maximum absolute atomic E-state index is 5.83. The molecule has 0 saturated carbocycles. The molecule has 0 bridgehead atoms. The van der Waals surface area contributed by atoms with Gasteiger partial charge in [0.05, 0.1) is 6.04 Å². The van der Waals surface area contributed by atoms with E-state index in [1.807, 2.05) is 20.8 Å². The van der Waals surface area contributed by atoms with Gasteiger partial charge in [0.1, 0.15) is 0 Å². The van der Waals surface area contributed by atoms with Gasteiger partial charge < -0.3 is 11.5 Å². The number of nitrogens with two attached hydrogens (primary N) is 2. The molecule has 0 radical (unpaired) electrons. The molecule has 4 N–H and O–H groups in total. The van der Waals surface area contributed by atoms with Gasteiger partial charge in [-0.25, -0.2) is 9.67 Å². The molecule has 0 atom stereocenters. The third-order valence-corrected chi connectivity index (χ3v) is 1.82. The van der Waals surface area contributed by atoms with E-state index >= 15 is 0 Å². The summed E-state index contributed by atoms with van der Waals surface area (Å²) in [5, 5.41) is 7.79. The first kappa shape index (κ1) is 11.2. The van der Waals surface area contributed by atoms with Gasteiger partial charge in [-0.1, -0.05) is 11.3 Å². The average Bonchev–Trinajstić information content (AvgIpc) is 2.56. The molecule has 1 aromatic heterocycles. The average molecular weight is 208 g/mol. The van der Waals surface area contributed by atoms with Gasteiger partial charge in [0.2, 0.25) is 0 Å². The molecule has 0 amide bonds. The Morgan fingerprint density at radius 2 is 2.20 bits per heavy atom. The lowest BCUT2D eigenvalue weighted by Crippen LogP contribution is -2.16. The van der Waals surface area contributed by atoms with E-state index in [-0.39, 0.29) is 11.9 Å². The Hall–Kier alpha value is -1.85. The van der Waals surface area contributed by atoms with Gasteiger partial charge >= 0.3 is 0 Å². The van der Waals surface area contributed by atoms with Crippen LogP contribution in [-0.4, -0.2) is 20.8 Å². The molecule has 1 rings (SSSR count). The van der Waals surface area contributed by atoms with Crippen molar-refractivity contribution in [1.82, 2.24) is 15.0 Å². The highest BCUT2D eigenvalue weighted by Gasteiger charge is 2.14. The summed E-state index contributed by atoms with van der Waals surface area (Å²) >= 11 is 0. The van der Waals surface area contributed by atoms with Crippen LogP contribution < -0.4 is 11.5 Å². The number of hydrogen-bond acceptors (Lipinski definition) is 4. The topological polar surface area (TPSA) is 95.1 Å². The lowest BCUT2D eigenvalue weighted by Gasteiger charge is -2.05. The molecule has 0 aromatic carbocycles. The van der Waals surface area contributed by atoms with E-state index in [9.17, 15) is 0 Å². The van der Waals surface area contributed by atoms with Crippen molar-refractivity contribution < 1.29 is 0 Å². The van der Waals surface area contributed by atoms with Crippen molar-refractivity contribution in [3.63, 3.8) is 0 Å². The summed E-state index contributed by atoms with van der Waals surface area (Å²) in [7, 11) is 0. The molecular weight excluding hydrogens is 192 g/mol. The maximum atomic E-state index is 5.83. The fourth-order valence-corrected chi connectivity index (χ4v) is 1.08. The molecule has 0 unspecified atom stereocenters. The molecule has 0 aliphatic rings. The number of amidine groups is 1. The SMILES string of the molecule is C/C=C\N=C(N)c1nnn(C(C)C)c1N. The fourth-order valence-electron chi connectivity index (χ4n) is 1.08. The summed E-state index contributed by atoms with van der Waals surface area (Å²) in [5.41, 5.74) is 12.0. The summed E-state index contributed by atoms with van der Waals surface area (Å²) in [5.74, 6) is 0.716. The standard InChI is InChI=1S/C9H16N6/c1-4-5-12-8(10)7-9(11)15(6(2)3)14-13-7/h4-6H,11H2,1-3H3,(H2,10,12)/b5-4-. The Morgan fingerprint density at radius 3 is 2.67 bits per heavy atom. The molecule has 0 fully saturated rings. The van der Waals surface area contributed by atoms with Crippen molar-refractivity contribution in [2.45, 2.75) is 26.8 Å². The molecule has 1 heterocycles. The Kier molecular flexibility index (Phi) is 3.43. The Balaban J connectivity index is 3.06. The number of anilines is 1. The van der Waals surface area contributed by atoms with Crippen LogP contribution in [0.5, 0.6) is 0 Å². The zero-order chi connectivity index (χ0) is 11.4. The molecular formula is C9H16N6. The number of nitrogens with zero attached hydrogens (tertiary/aromatic N) is 4. The molecule has 0 spiro atoms. The minimum atomic E-state index is 0.153. The predicted octanol–water partition coefficient (Wildman–Crippen LogP) is 0.680. The van der Waals surface area contributed by atoms with Crippen LogP contribution in [0.4, 0.5) is 5.82 Å².